The fourth-order valence-electron chi connectivity index (χ4n) is 1.21. The van der Waals surface area contributed by atoms with Gasteiger partial charge in [-0.2, -0.15) is 0 Å². The predicted molar refractivity (Wildman–Crippen MR) is 64.8 cm³/mol. The van der Waals surface area contributed by atoms with Crippen molar-refractivity contribution in [2.75, 3.05) is 13.6 Å². The summed E-state index contributed by atoms with van der Waals surface area (Å²) in [6, 6.07) is 0.603. The highest BCUT2D eigenvalue weighted by molar-refractivity contribution is 5.78. The van der Waals surface area contributed by atoms with Crippen LogP contribution in [0.25, 0.3) is 0 Å². The maximum absolute atomic E-state index is 11.8. The summed E-state index contributed by atoms with van der Waals surface area (Å²) in [7, 11) is 1.88. The molecule has 0 aromatic rings. The highest BCUT2D eigenvalue weighted by atomic mass is 16.2. The fraction of sp³-hybridized carbons (Fsp3) is 0.917. The molecule has 1 N–H and O–H groups in total. The molecule has 1 atom stereocenters. The topological polar surface area (TPSA) is 32.3 Å². The fourth-order valence-corrected chi connectivity index (χ4v) is 1.21. The summed E-state index contributed by atoms with van der Waals surface area (Å²) in [5.74, 6) is 0.158. The lowest BCUT2D eigenvalue weighted by molar-refractivity contribution is -0.132. The molecule has 0 aliphatic heterocycles. The largest absolute Gasteiger partial charge is 0.341 e. The van der Waals surface area contributed by atoms with E-state index < -0.39 is 0 Å². The van der Waals surface area contributed by atoms with E-state index in [-0.39, 0.29) is 17.4 Å². The smallest absolute Gasteiger partial charge is 0.236 e. The molecular formula is C12H26N2O. The molecule has 0 bridgehead atoms. The van der Waals surface area contributed by atoms with Gasteiger partial charge in [0.15, 0.2) is 0 Å². The Morgan fingerprint density at radius 2 is 1.73 bits per heavy atom. The first-order valence-electron chi connectivity index (χ1n) is 5.65. The van der Waals surface area contributed by atoms with E-state index in [0.717, 1.165) is 0 Å². The Labute approximate surface area is 94.2 Å². The van der Waals surface area contributed by atoms with Crippen molar-refractivity contribution >= 4 is 5.91 Å². The summed E-state index contributed by atoms with van der Waals surface area (Å²) < 4.78 is 0. The Balaban J connectivity index is 4.20. The molecule has 1 unspecified atom stereocenters. The molecule has 1 amide bonds. The van der Waals surface area contributed by atoms with Crippen molar-refractivity contribution in [3.63, 3.8) is 0 Å². The van der Waals surface area contributed by atoms with Gasteiger partial charge in [-0.25, -0.2) is 0 Å². The maximum atomic E-state index is 11.8. The van der Waals surface area contributed by atoms with E-state index in [2.05, 4.69) is 33.0 Å². The third-order valence-electron chi connectivity index (χ3n) is 2.89. The summed E-state index contributed by atoms with van der Waals surface area (Å²) in [6.45, 7) is 13.1. The summed E-state index contributed by atoms with van der Waals surface area (Å²) in [4.78, 5) is 13.6. The zero-order valence-corrected chi connectivity index (χ0v) is 11.2. The monoisotopic (exact) mass is 214 g/mol. The normalized spacial score (nSPS) is 14.1. The van der Waals surface area contributed by atoms with Crippen LogP contribution in [-0.4, -0.2) is 36.5 Å². The van der Waals surface area contributed by atoms with Crippen LogP contribution in [0.1, 0.15) is 41.5 Å². The Hall–Kier alpha value is -0.570. The second-order valence-electron chi connectivity index (χ2n) is 5.58. The lowest BCUT2D eigenvalue weighted by atomic mass is 9.87. The number of hydrogen-bond acceptors (Lipinski definition) is 2. The third-order valence-corrected chi connectivity index (χ3v) is 2.89. The van der Waals surface area contributed by atoms with Gasteiger partial charge in [-0.05, 0) is 12.3 Å². The van der Waals surface area contributed by atoms with Crippen molar-refractivity contribution in [2.45, 2.75) is 53.6 Å². The van der Waals surface area contributed by atoms with Crippen molar-refractivity contribution < 1.29 is 4.79 Å². The second-order valence-corrected chi connectivity index (χ2v) is 5.58. The second kappa shape index (κ2) is 5.50. The van der Waals surface area contributed by atoms with E-state index in [9.17, 15) is 4.79 Å². The van der Waals surface area contributed by atoms with Crippen molar-refractivity contribution in [3.05, 3.63) is 0 Å². The summed E-state index contributed by atoms with van der Waals surface area (Å²) in [5.41, 5.74) is 0.127. The van der Waals surface area contributed by atoms with Crippen LogP contribution in [-0.2, 0) is 4.79 Å². The molecule has 3 heteroatoms. The Bertz CT molecular complexity index is 206. The zero-order chi connectivity index (χ0) is 12.2. The molecule has 0 spiro atoms. The van der Waals surface area contributed by atoms with Crippen LogP contribution in [0.4, 0.5) is 0 Å². The zero-order valence-electron chi connectivity index (χ0n) is 11.2. The van der Waals surface area contributed by atoms with Gasteiger partial charge < -0.3 is 10.2 Å². The molecule has 15 heavy (non-hydrogen) atoms. The van der Waals surface area contributed by atoms with Gasteiger partial charge in [0.2, 0.25) is 5.91 Å². The summed E-state index contributed by atoms with van der Waals surface area (Å²) >= 11 is 0. The van der Waals surface area contributed by atoms with Crippen molar-refractivity contribution in [2.24, 2.45) is 5.41 Å². The van der Waals surface area contributed by atoms with Crippen LogP contribution in [0.2, 0.25) is 0 Å². The number of likely N-dealkylation sites (N-methyl/N-ethyl adjacent to an activating group) is 1. The molecule has 0 saturated heterocycles. The van der Waals surface area contributed by atoms with Gasteiger partial charge in [0.1, 0.15) is 0 Å². The molecule has 0 fully saturated rings. The Kier molecular flexibility index (Phi) is 5.29. The molecule has 3 nitrogen and oxygen atoms in total. The van der Waals surface area contributed by atoms with E-state index in [0.29, 0.717) is 12.6 Å². The highest BCUT2D eigenvalue weighted by Gasteiger charge is 2.26. The Morgan fingerprint density at radius 1 is 1.27 bits per heavy atom. The number of hydrogen-bond donors (Lipinski definition) is 1. The third kappa shape index (κ3) is 5.17. The maximum Gasteiger partial charge on any atom is 0.236 e. The molecule has 0 aliphatic rings. The molecule has 0 rings (SSSR count). The minimum atomic E-state index is 0.127. The summed E-state index contributed by atoms with van der Waals surface area (Å²) in [5, 5.41) is 3.14. The van der Waals surface area contributed by atoms with Gasteiger partial charge in [-0.3, -0.25) is 4.79 Å². The molecule has 0 aromatic heterocycles. The Morgan fingerprint density at radius 3 is 2.07 bits per heavy atom. The van der Waals surface area contributed by atoms with Crippen LogP contribution in [0, 0.1) is 5.41 Å². The van der Waals surface area contributed by atoms with Crippen molar-refractivity contribution in [1.29, 1.82) is 0 Å². The number of amides is 1. The van der Waals surface area contributed by atoms with Gasteiger partial charge in [0.25, 0.3) is 0 Å². The number of nitrogens with zero attached hydrogens (tertiary/aromatic N) is 1. The minimum Gasteiger partial charge on any atom is -0.341 e. The molecule has 0 aromatic carbocycles. The number of rotatable bonds is 4. The quantitative estimate of drug-likeness (QED) is 0.775. The molecule has 0 aliphatic carbocycles. The van der Waals surface area contributed by atoms with Crippen LogP contribution in [0.15, 0.2) is 0 Å². The van der Waals surface area contributed by atoms with Crippen molar-refractivity contribution in [1.82, 2.24) is 10.2 Å². The standard InChI is InChI=1S/C12H26N2O/c1-9(2)13-8-11(15)14(7)10(3)12(4,5)6/h9-10,13H,8H2,1-7H3. The average Bonchev–Trinajstić information content (AvgIpc) is 2.10. The molecule has 0 saturated carbocycles. The van der Waals surface area contributed by atoms with Crippen LogP contribution < -0.4 is 5.32 Å². The van der Waals surface area contributed by atoms with Gasteiger partial charge in [0, 0.05) is 19.1 Å². The molecule has 90 valence electrons. The van der Waals surface area contributed by atoms with Crippen LogP contribution in [0.5, 0.6) is 0 Å². The van der Waals surface area contributed by atoms with Gasteiger partial charge in [-0.1, -0.05) is 34.6 Å². The first-order chi connectivity index (χ1) is 6.66. The minimum absolute atomic E-state index is 0.127. The number of carbonyl (C=O) groups is 1. The first-order valence-corrected chi connectivity index (χ1v) is 5.65. The molecule has 0 radical (unpaired) electrons. The SMILES string of the molecule is CC(C)NCC(=O)N(C)C(C)C(C)(C)C. The summed E-state index contributed by atoms with van der Waals surface area (Å²) in [6.07, 6.45) is 0. The predicted octanol–water partition coefficient (Wildman–Crippen LogP) is 1.88. The van der Waals surface area contributed by atoms with E-state index in [1.54, 1.807) is 0 Å². The van der Waals surface area contributed by atoms with E-state index in [4.69, 9.17) is 0 Å². The molecular weight excluding hydrogens is 188 g/mol. The van der Waals surface area contributed by atoms with E-state index in [1.165, 1.54) is 0 Å². The number of carbonyl (C=O) groups excluding carboxylic acids is 1. The van der Waals surface area contributed by atoms with E-state index >= 15 is 0 Å². The highest BCUT2D eigenvalue weighted by Crippen LogP contribution is 2.22. The average molecular weight is 214 g/mol. The van der Waals surface area contributed by atoms with Crippen molar-refractivity contribution in [3.8, 4) is 0 Å². The lowest BCUT2D eigenvalue weighted by Gasteiger charge is -2.35. The van der Waals surface area contributed by atoms with Crippen LogP contribution >= 0.6 is 0 Å². The van der Waals surface area contributed by atoms with Gasteiger partial charge >= 0.3 is 0 Å². The first kappa shape index (κ1) is 14.4. The van der Waals surface area contributed by atoms with Gasteiger partial charge in [-0.15, -0.1) is 0 Å². The van der Waals surface area contributed by atoms with E-state index in [1.807, 2.05) is 25.8 Å². The van der Waals surface area contributed by atoms with Crippen LogP contribution in [0.3, 0.4) is 0 Å². The number of nitrogens with one attached hydrogen (secondary N) is 1. The van der Waals surface area contributed by atoms with Gasteiger partial charge in [0.05, 0.1) is 6.54 Å². The molecule has 0 heterocycles. The lowest BCUT2D eigenvalue weighted by Crippen LogP contribution is -2.47.